The van der Waals surface area contributed by atoms with Gasteiger partial charge in [0.1, 0.15) is 6.33 Å². The average Bonchev–Trinajstić information content (AvgIpc) is 2.32. The minimum Gasteiger partial charge on any atom is -0.354 e. The van der Waals surface area contributed by atoms with E-state index in [2.05, 4.69) is 31.2 Å². The van der Waals surface area contributed by atoms with E-state index in [4.69, 9.17) is 0 Å². The maximum Gasteiger partial charge on any atom is 0.356 e. The van der Waals surface area contributed by atoms with Crippen LogP contribution in [-0.2, 0) is 0 Å². The molecule has 0 unspecified atom stereocenters. The van der Waals surface area contributed by atoms with E-state index in [0.29, 0.717) is 12.5 Å². The van der Waals surface area contributed by atoms with Gasteiger partial charge >= 0.3 is 5.69 Å². The molecule has 2 rings (SSSR count). The fourth-order valence-electron chi connectivity index (χ4n) is 1.66. The van der Waals surface area contributed by atoms with E-state index in [1.807, 2.05) is 32.0 Å². The summed E-state index contributed by atoms with van der Waals surface area (Å²) in [7, 11) is 0. The molecule has 18 heavy (non-hydrogen) atoms. The van der Waals surface area contributed by atoms with Crippen LogP contribution in [0.3, 0.4) is 0 Å². The van der Waals surface area contributed by atoms with Crippen molar-refractivity contribution in [3.63, 3.8) is 0 Å². The van der Waals surface area contributed by atoms with Gasteiger partial charge in [-0.3, -0.25) is 0 Å². The van der Waals surface area contributed by atoms with Crippen molar-refractivity contribution in [1.29, 1.82) is 0 Å². The summed E-state index contributed by atoms with van der Waals surface area (Å²) in [5.41, 5.74) is 1.40. The average molecular weight is 309 g/mol. The lowest BCUT2D eigenvalue weighted by Gasteiger charge is -2.10. The summed E-state index contributed by atoms with van der Waals surface area (Å²) in [6.07, 6.45) is 1.49. The Morgan fingerprint density at radius 2 is 2.22 bits per heavy atom. The number of nitrogens with one attached hydrogen (secondary N) is 1. The lowest BCUT2D eigenvalue weighted by molar-refractivity contribution is 0.849. The summed E-state index contributed by atoms with van der Waals surface area (Å²) in [5.74, 6) is 0.350. The van der Waals surface area contributed by atoms with E-state index in [9.17, 15) is 4.79 Å². The molecule has 1 heterocycles. The number of para-hydroxylation sites is 1. The normalized spacial score (nSPS) is 10.4. The number of benzene rings is 1. The molecule has 0 fully saturated rings. The summed E-state index contributed by atoms with van der Waals surface area (Å²) in [4.78, 5) is 20.0. The Kier molecular flexibility index (Phi) is 3.76. The molecule has 0 radical (unpaired) electrons. The fourth-order valence-corrected chi connectivity index (χ4v) is 2.32. The van der Waals surface area contributed by atoms with Gasteiger partial charge in [-0.1, -0.05) is 12.1 Å². The number of nitrogens with zero attached hydrogens (tertiary/aromatic N) is 3. The Balaban J connectivity index is 2.55. The van der Waals surface area contributed by atoms with Gasteiger partial charge < -0.3 is 5.32 Å². The summed E-state index contributed by atoms with van der Waals surface area (Å²) < 4.78 is 2.27. The second kappa shape index (κ2) is 5.30. The van der Waals surface area contributed by atoms with Gasteiger partial charge in [0.15, 0.2) is 0 Å². The van der Waals surface area contributed by atoms with Crippen molar-refractivity contribution in [2.24, 2.45) is 0 Å². The van der Waals surface area contributed by atoms with Gasteiger partial charge in [-0.05, 0) is 41.4 Å². The molecule has 0 saturated carbocycles. The van der Waals surface area contributed by atoms with Crippen molar-refractivity contribution in [1.82, 2.24) is 14.5 Å². The molecule has 0 aliphatic heterocycles. The Morgan fingerprint density at radius 1 is 1.44 bits per heavy atom. The zero-order chi connectivity index (χ0) is 13.1. The number of aryl methyl sites for hydroxylation is 1. The molecule has 0 saturated heterocycles. The van der Waals surface area contributed by atoms with Crippen LogP contribution in [0.1, 0.15) is 12.5 Å². The second-order valence-electron chi connectivity index (χ2n) is 3.77. The van der Waals surface area contributed by atoms with Crippen LogP contribution in [0.15, 0.2) is 33.8 Å². The highest BCUT2D eigenvalue weighted by Gasteiger charge is 2.09. The van der Waals surface area contributed by atoms with Crippen LogP contribution in [0.25, 0.3) is 5.69 Å². The van der Waals surface area contributed by atoms with Gasteiger partial charge in [0, 0.05) is 11.0 Å². The van der Waals surface area contributed by atoms with Gasteiger partial charge in [-0.2, -0.15) is 4.98 Å². The highest BCUT2D eigenvalue weighted by molar-refractivity contribution is 9.10. The maximum absolute atomic E-state index is 12.0. The van der Waals surface area contributed by atoms with Crippen molar-refractivity contribution in [3.05, 3.63) is 45.0 Å². The minimum atomic E-state index is -0.351. The number of aromatic nitrogens is 3. The van der Waals surface area contributed by atoms with Crippen LogP contribution < -0.4 is 11.0 Å². The molecule has 0 spiro atoms. The standard InChI is InChI=1S/C12H13BrN4O/c1-3-14-11-15-7-17(12(18)16-11)10-8(2)5-4-6-9(10)13/h4-7H,3H2,1-2H3,(H,14,16,18). The second-order valence-corrected chi connectivity index (χ2v) is 4.62. The van der Waals surface area contributed by atoms with Crippen LogP contribution >= 0.6 is 15.9 Å². The van der Waals surface area contributed by atoms with Crippen molar-refractivity contribution in [2.45, 2.75) is 13.8 Å². The molecule has 6 heteroatoms. The van der Waals surface area contributed by atoms with Gasteiger partial charge in [-0.25, -0.2) is 14.3 Å². The highest BCUT2D eigenvalue weighted by Crippen LogP contribution is 2.22. The van der Waals surface area contributed by atoms with Gasteiger partial charge in [0.05, 0.1) is 5.69 Å². The van der Waals surface area contributed by atoms with Crippen LogP contribution in [-0.4, -0.2) is 21.1 Å². The summed E-state index contributed by atoms with van der Waals surface area (Å²) in [5, 5.41) is 2.91. The first-order valence-electron chi connectivity index (χ1n) is 5.58. The molecule has 0 bridgehead atoms. The van der Waals surface area contributed by atoms with E-state index in [-0.39, 0.29) is 5.69 Å². The van der Waals surface area contributed by atoms with E-state index in [0.717, 1.165) is 15.7 Å². The molecule has 5 nitrogen and oxygen atoms in total. The van der Waals surface area contributed by atoms with Crippen LogP contribution in [0.2, 0.25) is 0 Å². The number of anilines is 1. The first kappa shape index (κ1) is 12.8. The molecule has 94 valence electrons. The summed E-state index contributed by atoms with van der Waals surface area (Å²) >= 11 is 3.44. The lowest BCUT2D eigenvalue weighted by Crippen LogP contribution is -2.24. The molecule has 0 atom stereocenters. The molecule has 1 N–H and O–H groups in total. The van der Waals surface area contributed by atoms with Crippen LogP contribution in [0, 0.1) is 6.92 Å². The predicted molar refractivity (Wildman–Crippen MR) is 74.2 cm³/mol. The van der Waals surface area contributed by atoms with Gasteiger partial charge in [0.2, 0.25) is 5.95 Å². The monoisotopic (exact) mass is 308 g/mol. The Labute approximate surface area is 113 Å². The first-order valence-corrected chi connectivity index (χ1v) is 6.38. The quantitative estimate of drug-likeness (QED) is 0.943. The minimum absolute atomic E-state index is 0.350. The highest BCUT2D eigenvalue weighted by atomic mass is 79.9. The van der Waals surface area contributed by atoms with E-state index in [1.54, 1.807) is 0 Å². The van der Waals surface area contributed by atoms with Crippen LogP contribution in [0.5, 0.6) is 0 Å². The van der Waals surface area contributed by atoms with E-state index < -0.39 is 0 Å². The Morgan fingerprint density at radius 3 is 2.83 bits per heavy atom. The van der Waals surface area contributed by atoms with Crippen molar-refractivity contribution < 1.29 is 0 Å². The molecular weight excluding hydrogens is 296 g/mol. The third-order valence-electron chi connectivity index (χ3n) is 2.47. The maximum atomic E-state index is 12.0. The molecule has 0 amide bonds. The van der Waals surface area contributed by atoms with Crippen molar-refractivity contribution in [3.8, 4) is 5.69 Å². The smallest absolute Gasteiger partial charge is 0.354 e. The number of halogens is 1. The summed E-state index contributed by atoms with van der Waals surface area (Å²) in [6.45, 7) is 4.54. The number of hydrogen-bond acceptors (Lipinski definition) is 4. The largest absolute Gasteiger partial charge is 0.356 e. The Bertz CT molecular complexity index is 603. The van der Waals surface area contributed by atoms with Crippen molar-refractivity contribution >= 4 is 21.9 Å². The Hall–Kier alpha value is -1.69. The molecule has 1 aromatic heterocycles. The number of rotatable bonds is 3. The third kappa shape index (κ3) is 2.43. The molecular formula is C12H13BrN4O. The van der Waals surface area contributed by atoms with Crippen molar-refractivity contribution in [2.75, 3.05) is 11.9 Å². The first-order chi connectivity index (χ1) is 8.63. The zero-order valence-corrected chi connectivity index (χ0v) is 11.7. The number of hydrogen-bond donors (Lipinski definition) is 1. The zero-order valence-electron chi connectivity index (χ0n) is 10.1. The van der Waals surface area contributed by atoms with E-state index >= 15 is 0 Å². The lowest BCUT2D eigenvalue weighted by atomic mass is 10.2. The van der Waals surface area contributed by atoms with Gasteiger partial charge in [-0.15, -0.1) is 0 Å². The molecule has 1 aromatic carbocycles. The summed E-state index contributed by atoms with van der Waals surface area (Å²) in [6, 6.07) is 5.74. The third-order valence-corrected chi connectivity index (χ3v) is 3.11. The van der Waals surface area contributed by atoms with Gasteiger partial charge in [0.25, 0.3) is 0 Å². The molecule has 0 aliphatic carbocycles. The SMILES string of the molecule is CCNc1ncn(-c2c(C)cccc2Br)c(=O)n1. The topological polar surface area (TPSA) is 59.8 Å². The molecule has 0 aliphatic rings. The van der Waals surface area contributed by atoms with E-state index in [1.165, 1.54) is 10.9 Å². The molecule has 2 aromatic rings. The van der Waals surface area contributed by atoms with Crippen LogP contribution in [0.4, 0.5) is 5.95 Å². The fraction of sp³-hybridized carbons (Fsp3) is 0.250. The predicted octanol–water partition coefficient (Wildman–Crippen LogP) is 2.13.